The first-order chi connectivity index (χ1) is 9.30. The molecular formula is C16H24N2O. The Morgan fingerprint density at radius 2 is 2.11 bits per heavy atom. The van der Waals surface area contributed by atoms with E-state index in [1.165, 1.54) is 16.5 Å². The summed E-state index contributed by atoms with van der Waals surface area (Å²) in [6.45, 7) is 7.48. The summed E-state index contributed by atoms with van der Waals surface area (Å²) in [5, 5.41) is 4.72. The van der Waals surface area contributed by atoms with E-state index in [1.807, 2.05) is 6.07 Å². The van der Waals surface area contributed by atoms with Crippen LogP contribution in [0.3, 0.4) is 0 Å². The molecule has 2 aromatic rings. The minimum atomic E-state index is 0.937. The molecule has 0 aliphatic heterocycles. The van der Waals surface area contributed by atoms with Gasteiger partial charge >= 0.3 is 0 Å². The molecular weight excluding hydrogens is 236 g/mol. The number of methoxy groups -OCH3 is 1. The minimum Gasteiger partial charge on any atom is -0.497 e. The molecule has 104 valence electrons. The van der Waals surface area contributed by atoms with E-state index >= 15 is 0 Å². The molecule has 19 heavy (non-hydrogen) atoms. The third kappa shape index (κ3) is 3.10. The van der Waals surface area contributed by atoms with Gasteiger partial charge in [0.15, 0.2) is 0 Å². The number of nitrogens with one attached hydrogen (secondary N) is 1. The van der Waals surface area contributed by atoms with Crippen molar-refractivity contribution in [3.05, 3.63) is 30.0 Å². The van der Waals surface area contributed by atoms with Crippen LogP contribution in [0.15, 0.2) is 24.4 Å². The Labute approximate surface area is 115 Å². The Kier molecular flexibility index (Phi) is 4.86. The first-order valence-corrected chi connectivity index (χ1v) is 7.16. The lowest BCUT2D eigenvalue weighted by molar-refractivity contribution is 0.415. The van der Waals surface area contributed by atoms with Gasteiger partial charge in [-0.15, -0.1) is 0 Å². The number of benzene rings is 1. The topological polar surface area (TPSA) is 26.2 Å². The summed E-state index contributed by atoms with van der Waals surface area (Å²) in [6, 6.07) is 6.37. The van der Waals surface area contributed by atoms with Crippen LogP contribution >= 0.6 is 0 Å². The van der Waals surface area contributed by atoms with Crippen LogP contribution in [0.25, 0.3) is 10.9 Å². The molecule has 1 aromatic heterocycles. The lowest BCUT2D eigenvalue weighted by Crippen LogP contribution is -2.15. The molecule has 1 N–H and O–H groups in total. The summed E-state index contributed by atoms with van der Waals surface area (Å²) in [6.07, 6.45) is 4.52. The molecule has 2 rings (SSSR count). The fraction of sp³-hybridized carbons (Fsp3) is 0.500. The van der Waals surface area contributed by atoms with Crippen molar-refractivity contribution >= 4 is 10.9 Å². The molecule has 0 amide bonds. The molecule has 3 nitrogen and oxygen atoms in total. The fourth-order valence-electron chi connectivity index (χ4n) is 2.50. The smallest absolute Gasteiger partial charge is 0.119 e. The molecule has 3 heteroatoms. The number of rotatable bonds is 7. The maximum atomic E-state index is 5.35. The van der Waals surface area contributed by atoms with Crippen molar-refractivity contribution in [1.29, 1.82) is 0 Å². The van der Waals surface area contributed by atoms with Gasteiger partial charge in [0, 0.05) is 23.6 Å². The third-order valence-electron chi connectivity index (χ3n) is 3.46. The molecule has 0 bridgehead atoms. The summed E-state index contributed by atoms with van der Waals surface area (Å²) in [5.41, 5.74) is 2.72. The van der Waals surface area contributed by atoms with Gasteiger partial charge in [0.25, 0.3) is 0 Å². The standard InChI is InChI=1S/C16H24N2O/c1-4-10-18-12-13(8-9-17-5-2)15-11-14(19-3)6-7-16(15)18/h6-7,11-12,17H,4-5,8-10H2,1-3H3. The number of aromatic nitrogens is 1. The van der Waals surface area contributed by atoms with Gasteiger partial charge in [-0.05, 0) is 49.7 Å². The molecule has 0 fully saturated rings. The highest BCUT2D eigenvalue weighted by atomic mass is 16.5. The van der Waals surface area contributed by atoms with E-state index in [9.17, 15) is 0 Å². The minimum absolute atomic E-state index is 0.937. The summed E-state index contributed by atoms with van der Waals surface area (Å²) in [5.74, 6) is 0.937. The second kappa shape index (κ2) is 6.62. The molecule has 0 saturated heterocycles. The predicted octanol–water partition coefficient (Wildman–Crippen LogP) is 3.21. The largest absolute Gasteiger partial charge is 0.497 e. The monoisotopic (exact) mass is 260 g/mol. The molecule has 1 heterocycles. The molecule has 0 saturated carbocycles. The lowest BCUT2D eigenvalue weighted by Gasteiger charge is -2.04. The predicted molar refractivity (Wildman–Crippen MR) is 81.0 cm³/mol. The number of fused-ring (bicyclic) bond motifs is 1. The van der Waals surface area contributed by atoms with Gasteiger partial charge in [0.05, 0.1) is 7.11 Å². The Morgan fingerprint density at radius 3 is 2.79 bits per heavy atom. The van der Waals surface area contributed by atoms with Crippen LogP contribution in [0.1, 0.15) is 25.8 Å². The lowest BCUT2D eigenvalue weighted by atomic mass is 10.1. The first kappa shape index (κ1) is 13.9. The molecule has 0 unspecified atom stereocenters. The number of hydrogen-bond acceptors (Lipinski definition) is 2. The Hall–Kier alpha value is -1.48. The average Bonchev–Trinajstić information content (AvgIpc) is 2.77. The van der Waals surface area contributed by atoms with E-state index in [-0.39, 0.29) is 0 Å². The molecule has 0 aliphatic carbocycles. The van der Waals surface area contributed by atoms with E-state index in [4.69, 9.17) is 4.74 Å². The van der Waals surface area contributed by atoms with Crippen LogP contribution in [-0.2, 0) is 13.0 Å². The summed E-state index contributed by atoms with van der Waals surface area (Å²) < 4.78 is 7.70. The third-order valence-corrected chi connectivity index (χ3v) is 3.46. The Balaban J connectivity index is 2.36. The van der Waals surface area contributed by atoms with Crippen molar-refractivity contribution in [2.45, 2.75) is 33.2 Å². The van der Waals surface area contributed by atoms with Gasteiger partial charge in [-0.1, -0.05) is 13.8 Å². The van der Waals surface area contributed by atoms with Gasteiger partial charge in [-0.25, -0.2) is 0 Å². The van der Waals surface area contributed by atoms with Crippen LogP contribution in [-0.4, -0.2) is 24.8 Å². The number of likely N-dealkylation sites (N-methyl/N-ethyl adjacent to an activating group) is 1. The maximum absolute atomic E-state index is 5.35. The maximum Gasteiger partial charge on any atom is 0.119 e. The van der Waals surface area contributed by atoms with Gasteiger partial charge in [0.1, 0.15) is 5.75 Å². The molecule has 0 aliphatic rings. The summed E-state index contributed by atoms with van der Waals surface area (Å²) in [4.78, 5) is 0. The van der Waals surface area contributed by atoms with Crippen LogP contribution in [0.2, 0.25) is 0 Å². The fourth-order valence-corrected chi connectivity index (χ4v) is 2.50. The van der Waals surface area contributed by atoms with E-state index in [2.05, 4.69) is 42.1 Å². The van der Waals surface area contributed by atoms with E-state index in [0.29, 0.717) is 0 Å². The van der Waals surface area contributed by atoms with Crippen LogP contribution in [0.5, 0.6) is 5.75 Å². The van der Waals surface area contributed by atoms with Crippen LogP contribution in [0, 0.1) is 0 Å². The van der Waals surface area contributed by atoms with E-state index in [0.717, 1.165) is 38.2 Å². The molecule has 0 radical (unpaired) electrons. The SMILES string of the molecule is CCCn1cc(CCNCC)c2cc(OC)ccc21. The van der Waals surface area contributed by atoms with Gasteiger partial charge < -0.3 is 14.6 Å². The van der Waals surface area contributed by atoms with Crippen molar-refractivity contribution in [1.82, 2.24) is 9.88 Å². The molecule has 0 spiro atoms. The summed E-state index contributed by atoms with van der Waals surface area (Å²) >= 11 is 0. The Bertz CT molecular complexity index is 531. The zero-order valence-electron chi connectivity index (χ0n) is 12.2. The first-order valence-electron chi connectivity index (χ1n) is 7.16. The highest BCUT2D eigenvalue weighted by molar-refractivity contribution is 5.85. The van der Waals surface area contributed by atoms with Crippen molar-refractivity contribution < 1.29 is 4.74 Å². The number of aryl methyl sites for hydroxylation is 1. The second-order valence-electron chi connectivity index (χ2n) is 4.83. The Morgan fingerprint density at radius 1 is 1.26 bits per heavy atom. The van der Waals surface area contributed by atoms with Crippen molar-refractivity contribution in [2.24, 2.45) is 0 Å². The van der Waals surface area contributed by atoms with Gasteiger partial charge in [-0.2, -0.15) is 0 Å². The summed E-state index contributed by atoms with van der Waals surface area (Å²) in [7, 11) is 1.72. The van der Waals surface area contributed by atoms with Crippen molar-refractivity contribution in [3.8, 4) is 5.75 Å². The van der Waals surface area contributed by atoms with Crippen LogP contribution in [0.4, 0.5) is 0 Å². The molecule has 0 atom stereocenters. The number of nitrogens with zero attached hydrogens (tertiary/aromatic N) is 1. The average molecular weight is 260 g/mol. The van der Waals surface area contributed by atoms with Gasteiger partial charge in [0.2, 0.25) is 0 Å². The van der Waals surface area contributed by atoms with E-state index < -0.39 is 0 Å². The quantitative estimate of drug-likeness (QED) is 0.774. The zero-order valence-corrected chi connectivity index (χ0v) is 12.2. The highest BCUT2D eigenvalue weighted by Crippen LogP contribution is 2.26. The van der Waals surface area contributed by atoms with E-state index in [1.54, 1.807) is 7.11 Å². The van der Waals surface area contributed by atoms with Crippen molar-refractivity contribution in [2.75, 3.05) is 20.2 Å². The second-order valence-corrected chi connectivity index (χ2v) is 4.83. The number of hydrogen-bond donors (Lipinski definition) is 1. The number of ether oxygens (including phenoxy) is 1. The van der Waals surface area contributed by atoms with Crippen molar-refractivity contribution in [3.63, 3.8) is 0 Å². The highest BCUT2D eigenvalue weighted by Gasteiger charge is 2.09. The molecule has 1 aromatic carbocycles. The van der Waals surface area contributed by atoms with Gasteiger partial charge in [-0.3, -0.25) is 0 Å². The van der Waals surface area contributed by atoms with Crippen LogP contribution < -0.4 is 10.1 Å². The zero-order chi connectivity index (χ0) is 13.7. The normalized spacial score (nSPS) is 11.1.